The van der Waals surface area contributed by atoms with Gasteiger partial charge in [-0.05, 0) is 84.6 Å². The molecule has 0 atom stereocenters. The maximum absolute atomic E-state index is 13.4. The Morgan fingerprint density at radius 1 is 0.949 bits per heavy atom. The molecule has 0 aliphatic heterocycles. The van der Waals surface area contributed by atoms with Gasteiger partial charge >= 0.3 is 0 Å². The van der Waals surface area contributed by atoms with Crippen LogP contribution in [0.5, 0.6) is 0 Å². The van der Waals surface area contributed by atoms with Gasteiger partial charge in [0, 0.05) is 28.6 Å². The van der Waals surface area contributed by atoms with Crippen LogP contribution in [0.4, 0.5) is 10.1 Å². The molecule has 3 heterocycles. The highest BCUT2D eigenvalue weighted by atomic mass is 32.2. The Morgan fingerprint density at radius 2 is 1.67 bits per heavy atom. The quantitative estimate of drug-likeness (QED) is 0.154. The van der Waals surface area contributed by atoms with Crippen molar-refractivity contribution in [2.45, 2.75) is 11.1 Å². The summed E-state index contributed by atoms with van der Waals surface area (Å²) in [5.41, 5.74) is 5.81. The van der Waals surface area contributed by atoms with E-state index in [9.17, 15) is 22.4 Å². The van der Waals surface area contributed by atoms with Crippen LogP contribution in [0, 0.1) is 12.7 Å². The number of pyridine rings is 1. The number of benzene rings is 2. The minimum atomic E-state index is -3.69. The Bertz CT molecular complexity index is 1810. The number of hydrogen-bond donors (Lipinski definition) is 2. The molecule has 0 saturated carbocycles. The fourth-order valence-corrected chi connectivity index (χ4v) is 6.12. The lowest BCUT2D eigenvalue weighted by Crippen LogP contribution is -2.18. The van der Waals surface area contributed by atoms with Crippen LogP contribution in [0.2, 0.25) is 0 Å². The van der Waals surface area contributed by atoms with E-state index in [1.54, 1.807) is 35.0 Å². The van der Waals surface area contributed by atoms with Crippen LogP contribution in [-0.4, -0.2) is 30.7 Å². The average Bonchev–Trinajstić information content (AvgIpc) is 3.57. The summed E-state index contributed by atoms with van der Waals surface area (Å²) >= 11 is 1.10. The molecule has 39 heavy (non-hydrogen) atoms. The molecule has 0 aliphatic carbocycles. The van der Waals surface area contributed by atoms with Crippen LogP contribution in [0.15, 0.2) is 99.8 Å². The van der Waals surface area contributed by atoms with Crippen LogP contribution in [0.1, 0.15) is 37.5 Å². The molecule has 0 radical (unpaired) electrons. The summed E-state index contributed by atoms with van der Waals surface area (Å²) in [4.78, 5) is 25.9. The van der Waals surface area contributed by atoms with Crippen molar-refractivity contribution in [1.29, 1.82) is 0 Å². The van der Waals surface area contributed by atoms with Crippen molar-refractivity contribution in [1.82, 2.24) is 9.83 Å². The number of rotatable bonds is 8. The number of carbonyl (C=O) groups excluding carboxylic acids is 2. The van der Waals surface area contributed by atoms with Gasteiger partial charge in [0.1, 0.15) is 10.0 Å². The number of amides is 1. The molecule has 0 aliphatic rings. The number of carbonyl (C=O) groups is 2. The van der Waals surface area contributed by atoms with E-state index in [4.69, 9.17) is 0 Å². The molecule has 0 saturated heterocycles. The number of fused-ring (bicyclic) bond motifs is 1. The Kier molecular flexibility index (Phi) is 7.09. The Hall–Kier alpha value is -4.61. The number of aromatic nitrogens is 1. The maximum Gasteiger partial charge on any atom is 0.271 e. The first-order chi connectivity index (χ1) is 18.7. The van der Waals surface area contributed by atoms with Crippen LogP contribution in [-0.2, 0) is 10.0 Å². The molecular weight excluding hydrogens is 539 g/mol. The van der Waals surface area contributed by atoms with E-state index in [1.807, 2.05) is 12.1 Å². The van der Waals surface area contributed by atoms with Gasteiger partial charge < -0.3 is 4.40 Å². The highest BCUT2D eigenvalue weighted by molar-refractivity contribution is 7.94. The van der Waals surface area contributed by atoms with Crippen molar-refractivity contribution in [3.63, 3.8) is 0 Å². The molecule has 5 aromatic rings. The van der Waals surface area contributed by atoms with Gasteiger partial charge in [-0.1, -0.05) is 12.1 Å². The summed E-state index contributed by atoms with van der Waals surface area (Å²) in [6.45, 7) is 1.78. The normalized spacial score (nSPS) is 11.6. The van der Waals surface area contributed by atoms with E-state index in [1.165, 1.54) is 60.8 Å². The topological polar surface area (TPSA) is 109 Å². The van der Waals surface area contributed by atoms with E-state index in [0.717, 1.165) is 11.3 Å². The fraction of sp³-hybridized carbons (Fsp3) is 0.0357. The lowest BCUT2D eigenvalue weighted by molar-refractivity contribution is 0.0954. The summed E-state index contributed by atoms with van der Waals surface area (Å²) in [5, 5.41) is 5.76. The first-order valence-electron chi connectivity index (χ1n) is 11.6. The smallest absolute Gasteiger partial charge is 0.271 e. The highest BCUT2D eigenvalue weighted by Crippen LogP contribution is 2.25. The number of ketones is 1. The molecular formula is C28H21FN4O4S2. The number of hydrogen-bond acceptors (Lipinski definition) is 6. The first-order valence-corrected chi connectivity index (χ1v) is 14.0. The molecule has 0 spiro atoms. The van der Waals surface area contributed by atoms with Gasteiger partial charge in [-0.3, -0.25) is 14.3 Å². The summed E-state index contributed by atoms with van der Waals surface area (Å²) in [6.07, 6.45) is 3.22. The van der Waals surface area contributed by atoms with Crippen molar-refractivity contribution in [3.05, 3.63) is 124 Å². The maximum atomic E-state index is 13.4. The number of nitrogens with zero attached hydrogens (tertiary/aromatic N) is 2. The molecule has 0 bridgehead atoms. The zero-order valence-electron chi connectivity index (χ0n) is 20.5. The lowest BCUT2D eigenvalue weighted by Gasteiger charge is -2.07. The summed E-state index contributed by atoms with van der Waals surface area (Å²) in [6, 6.07) is 19.9. The van der Waals surface area contributed by atoms with E-state index < -0.39 is 21.7 Å². The third-order valence-electron chi connectivity index (χ3n) is 5.98. The fourth-order valence-electron chi connectivity index (χ4n) is 4.07. The predicted octanol–water partition coefficient (Wildman–Crippen LogP) is 5.24. The van der Waals surface area contributed by atoms with Crippen LogP contribution < -0.4 is 10.1 Å². The van der Waals surface area contributed by atoms with Gasteiger partial charge in [-0.2, -0.15) is 5.10 Å². The number of anilines is 1. The molecule has 2 N–H and O–H groups in total. The lowest BCUT2D eigenvalue weighted by atomic mass is 10.0. The Balaban J connectivity index is 1.33. The minimum absolute atomic E-state index is 0.190. The monoisotopic (exact) mass is 560 g/mol. The Morgan fingerprint density at radius 3 is 2.36 bits per heavy atom. The third kappa shape index (κ3) is 5.35. The Labute approximate surface area is 227 Å². The number of thiophene rings is 1. The summed E-state index contributed by atoms with van der Waals surface area (Å²) < 4.78 is 42.5. The van der Waals surface area contributed by atoms with Gasteiger partial charge in [0.25, 0.3) is 15.9 Å². The molecule has 2 aromatic carbocycles. The molecule has 3 aromatic heterocycles. The second-order valence-corrected chi connectivity index (χ2v) is 11.4. The summed E-state index contributed by atoms with van der Waals surface area (Å²) in [7, 11) is -3.69. The van der Waals surface area contributed by atoms with E-state index in [-0.39, 0.29) is 15.6 Å². The van der Waals surface area contributed by atoms with Crippen molar-refractivity contribution >= 4 is 50.5 Å². The standard InChI is InChI=1S/C28H21FN4O4S2/c1-18-23(24-5-2-3-15-33(24)26(18)27(34)19-7-11-21(29)12-8-19)17-30-31-28(35)20-9-13-22(14-10-20)32-39(36,37)25-6-4-16-38-25/h2-17,32H,1H3,(H,31,35)/b30-17+. The van der Waals surface area contributed by atoms with Crippen molar-refractivity contribution in [2.75, 3.05) is 4.72 Å². The second kappa shape index (κ2) is 10.6. The average molecular weight is 561 g/mol. The van der Waals surface area contributed by atoms with Gasteiger partial charge in [0.15, 0.2) is 0 Å². The van der Waals surface area contributed by atoms with E-state index in [2.05, 4.69) is 15.2 Å². The van der Waals surface area contributed by atoms with Gasteiger partial charge in [0.05, 0.1) is 17.4 Å². The number of hydrazone groups is 1. The zero-order chi connectivity index (χ0) is 27.6. The number of halogens is 1. The van der Waals surface area contributed by atoms with Gasteiger partial charge in [-0.15, -0.1) is 11.3 Å². The number of nitrogens with one attached hydrogen (secondary N) is 2. The molecule has 11 heteroatoms. The second-order valence-electron chi connectivity index (χ2n) is 8.49. The molecule has 5 rings (SSSR count). The predicted molar refractivity (Wildman–Crippen MR) is 149 cm³/mol. The summed E-state index contributed by atoms with van der Waals surface area (Å²) in [5.74, 6) is -1.20. The van der Waals surface area contributed by atoms with Crippen LogP contribution in [0.25, 0.3) is 5.52 Å². The zero-order valence-corrected chi connectivity index (χ0v) is 22.1. The highest BCUT2D eigenvalue weighted by Gasteiger charge is 2.21. The van der Waals surface area contributed by atoms with E-state index in [0.29, 0.717) is 33.6 Å². The number of sulfonamides is 1. The van der Waals surface area contributed by atoms with Gasteiger partial charge in [0.2, 0.25) is 5.78 Å². The first kappa shape index (κ1) is 26.0. The SMILES string of the molecule is Cc1c(/C=N/NC(=O)c2ccc(NS(=O)(=O)c3cccs3)cc2)c2ccccn2c1C(=O)c1ccc(F)cc1. The molecule has 0 fully saturated rings. The molecule has 8 nitrogen and oxygen atoms in total. The van der Waals surface area contributed by atoms with Crippen molar-refractivity contribution in [3.8, 4) is 0 Å². The third-order valence-corrected chi connectivity index (χ3v) is 8.76. The molecule has 1 amide bonds. The molecule has 0 unspecified atom stereocenters. The largest absolute Gasteiger partial charge is 0.313 e. The van der Waals surface area contributed by atoms with Crippen molar-refractivity contribution in [2.24, 2.45) is 5.10 Å². The van der Waals surface area contributed by atoms with Crippen LogP contribution >= 0.6 is 11.3 Å². The van der Waals surface area contributed by atoms with Gasteiger partial charge in [-0.25, -0.2) is 18.2 Å². The van der Waals surface area contributed by atoms with Crippen molar-refractivity contribution < 1.29 is 22.4 Å². The van der Waals surface area contributed by atoms with E-state index >= 15 is 0 Å². The molecule has 196 valence electrons. The van der Waals surface area contributed by atoms with Crippen LogP contribution in [0.3, 0.4) is 0 Å². The minimum Gasteiger partial charge on any atom is -0.313 e.